The van der Waals surface area contributed by atoms with Gasteiger partial charge in [0.1, 0.15) is 5.75 Å². The first kappa shape index (κ1) is 17.3. The first-order valence-electron chi connectivity index (χ1n) is 8.73. The van der Waals surface area contributed by atoms with Crippen LogP contribution in [-0.4, -0.2) is 23.5 Å². The summed E-state index contributed by atoms with van der Waals surface area (Å²) >= 11 is 0. The average molecular weight is 341 g/mol. The van der Waals surface area contributed by atoms with Crippen molar-refractivity contribution in [2.45, 2.75) is 45.4 Å². The number of phenolic OH excluding ortho intramolecular Hbond substituents is 1. The summed E-state index contributed by atoms with van der Waals surface area (Å²) in [6, 6.07) is 6.75. The zero-order valence-electron chi connectivity index (χ0n) is 14.6. The summed E-state index contributed by atoms with van der Waals surface area (Å²) < 4.78 is 5.36. The van der Waals surface area contributed by atoms with Crippen molar-refractivity contribution in [2.75, 3.05) is 6.61 Å². The third kappa shape index (κ3) is 3.31. The van der Waals surface area contributed by atoms with Crippen LogP contribution in [0.4, 0.5) is 0 Å². The SMILES string of the molecule is CCCOC(=O)C1=C(C)NC2=C(C(=O)CCC2)C1c1cccc(O)c1. The molecule has 1 aliphatic heterocycles. The molecule has 2 aliphatic rings. The van der Waals surface area contributed by atoms with Crippen LogP contribution in [-0.2, 0) is 14.3 Å². The first-order valence-corrected chi connectivity index (χ1v) is 8.73. The highest BCUT2D eigenvalue weighted by Crippen LogP contribution is 2.43. The lowest BCUT2D eigenvalue weighted by Gasteiger charge is -2.34. The first-order chi connectivity index (χ1) is 12.0. The van der Waals surface area contributed by atoms with Crippen LogP contribution in [0.15, 0.2) is 46.8 Å². The number of carbonyl (C=O) groups excluding carboxylic acids is 2. The van der Waals surface area contributed by atoms with Gasteiger partial charge >= 0.3 is 5.97 Å². The van der Waals surface area contributed by atoms with Gasteiger partial charge in [-0.2, -0.15) is 0 Å². The molecule has 0 radical (unpaired) electrons. The van der Waals surface area contributed by atoms with E-state index in [1.807, 2.05) is 19.9 Å². The highest BCUT2D eigenvalue weighted by molar-refractivity contribution is 6.03. The number of nitrogens with one attached hydrogen (secondary N) is 1. The Morgan fingerprint density at radius 2 is 2.16 bits per heavy atom. The second-order valence-corrected chi connectivity index (χ2v) is 6.50. The Morgan fingerprint density at radius 3 is 2.88 bits per heavy atom. The largest absolute Gasteiger partial charge is 0.508 e. The van der Waals surface area contributed by atoms with Crippen molar-refractivity contribution in [2.24, 2.45) is 0 Å². The second kappa shape index (κ2) is 7.13. The summed E-state index contributed by atoms with van der Waals surface area (Å²) in [5.74, 6) is -0.749. The zero-order chi connectivity index (χ0) is 18.0. The minimum Gasteiger partial charge on any atom is -0.508 e. The molecule has 1 heterocycles. The van der Waals surface area contributed by atoms with Gasteiger partial charge in [-0.25, -0.2) is 4.79 Å². The van der Waals surface area contributed by atoms with Crippen molar-refractivity contribution in [1.82, 2.24) is 5.32 Å². The number of ether oxygens (including phenoxy) is 1. The summed E-state index contributed by atoms with van der Waals surface area (Å²) in [6.07, 6.45) is 2.80. The summed E-state index contributed by atoms with van der Waals surface area (Å²) in [4.78, 5) is 25.4. The Morgan fingerprint density at radius 1 is 1.36 bits per heavy atom. The molecule has 1 unspecified atom stereocenters. The van der Waals surface area contributed by atoms with E-state index in [0.717, 1.165) is 30.5 Å². The van der Waals surface area contributed by atoms with E-state index in [1.54, 1.807) is 18.2 Å². The van der Waals surface area contributed by atoms with Gasteiger partial charge in [0.25, 0.3) is 0 Å². The number of aromatic hydroxyl groups is 1. The molecule has 0 spiro atoms. The number of esters is 1. The standard InChI is InChI=1S/C20H23NO4/c1-3-10-25-20(24)17-12(2)21-15-8-5-9-16(23)19(15)18(17)13-6-4-7-14(22)11-13/h4,6-7,11,18,21-22H,3,5,8-10H2,1-2H3. The van der Waals surface area contributed by atoms with E-state index < -0.39 is 11.9 Å². The number of rotatable bonds is 4. The number of hydrogen-bond donors (Lipinski definition) is 2. The molecule has 0 fully saturated rings. The van der Waals surface area contributed by atoms with Crippen molar-refractivity contribution in [3.8, 4) is 5.75 Å². The Kier molecular flexibility index (Phi) is 4.93. The molecule has 3 rings (SSSR count). The molecular weight excluding hydrogens is 318 g/mol. The molecule has 25 heavy (non-hydrogen) atoms. The van der Waals surface area contributed by atoms with E-state index in [9.17, 15) is 14.7 Å². The minimum atomic E-state index is -0.500. The van der Waals surface area contributed by atoms with E-state index in [2.05, 4.69) is 5.32 Å². The predicted octanol–water partition coefficient (Wildman–Crippen LogP) is 3.31. The van der Waals surface area contributed by atoms with Crippen molar-refractivity contribution >= 4 is 11.8 Å². The van der Waals surface area contributed by atoms with Crippen molar-refractivity contribution in [1.29, 1.82) is 0 Å². The quantitative estimate of drug-likeness (QED) is 0.822. The molecule has 5 heteroatoms. The Bertz CT molecular complexity index is 776. The Balaban J connectivity index is 2.12. The van der Waals surface area contributed by atoms with Gasteiger partial charge in [-0.3, -0.25) is 4.79 Å². The van der Waals surface area contributed by atoms with Crippen LogP contribution >= 0.6 is 0 Å². The highest BCUT2D eigenvalue weighted by Gasteiger charge is 2.39. The van der Waals surface area contributed by atoms with E-state index in [1.165, 1.54) is 0 Å². The number of carbonyl (C=O) groups is 2. The molecule has 0 amide bonds. The van der Waals surface area contributed by atoms with Crippen LogP contribution in [0.25, 0.3) is 0 Å². The van der Waals surface area contributed by atoms with Gasteiger partial charge in [0.15, 0.2) is 5.78 Å². The fraction of sp³-hybridized carbons (Fsp3) is 0.400. The smallest absolute Gasteiger partial charge is 0.336 e. The second-order valence-electron chi connectivity index (χ2n) is 6.50. The van der Waals surface area contributed by atoms with Crippen molar-refractivity contribution < 1.29 is 19.4 Å². The molecule has 0 saturated carbocycles. The average Bonchev–Trinajstić information content (AvgIpc) is 2.58. The number of ketones is 1. The third-order valence-electron chi connectivity index (χ3n) is 4.64. The van der Waals surface area contributed by atoms with Gasteiger partial charge in [-0.05, 0) is 43.9 Å². The number of phenols is 1. The molecular formula is C20H23NO4. The van der Waals surface area contributed by atoms with Crippen molar-refractivity contribution in [3.63, 3.8) is 0 Å². The lowest BCUT2D eigenvalue weighted by molar-refractivity contribution is -0.139. The van der Waals surface area contributed by atoms with Crippen LogP contribution in [0.2, 0.25) is 0 Å². The molecule has 1 aromatic rings. The van der Waals surface area contributed by atoms with Gasteiger partial charge in [0.2, 0.25) is 0 Å². The molecule has 5 nitrogen and oxygen atoms in total. The van der Waals surface area contributed by atoms with Gasteiger partial charge in [-0.15, -0.1) is 0 Å². The lowest BCUT2D eigenvalue weighted by Crippen LogP contribution is -2.34. The number of Topliss-reactive ketones (excluding diaryl/α,β-unsaturated/α-hetero) is 1. The summed E-state index contributed by atoms with van der Waals surface area (Å²) in [7, 11) is 0. The fourth-order valence-electron chi connectivity index (χ4n) is 3.56. The van der Waals surface area contributed by atoms with Gasteiger partial charge in [0, 0.05) is 29.3 Å². The number of hydrogen-bond acceptors (Lipinski definition) is 5. The molecule has 0 bridgehead atoms. The lowest BCUT2D eigenvalue weighted by atomic mass is 9.75. The van der Waals surface area contributed by atoms with Crippen LogP contribution in [0.1, 0.15) is 51.0 Å². The Labute approximate surface area is 147 Å². The van der Waals surface area contributed by atoms with Crippen molar-refractivity contribution in [3.05, 3.63) is 52.4 Å². The highest BCUT2D eigenvalue weighted by atomic mass is 16.5. The monoisotopic (exact) mass is 341 g/mol. The minimum absolute atomic E-state index is 0.0513. The van der Waals surface area contributed by atoms with Gasteiger partial charge in [-0.1, -0.05) is 19.1 Å². The molecule has 1 aliphatic carbocycles. The van der Waals surface area contributed by atoms with Crippen LogP contribution in [0, 0.1) is 0 Å². The van der Waals surface area contributed by atoms with Gasteiger partial charge in [0.05, 0.1) is 12.2 Å². The summed E-state index contributed by atoms with van der Waals surface area (Å²) in [6.45, 7) is 4.11. The topological polar surface area (TPSA) is 75.6 Å². The molecule has 2 N–H and O–H groups in total. The van der Waals surface area contributed by atoms with E-state index in [4.69, 9.17) is 4.74 Å². The van der Waals surface area contributed by atoms with E-state index in [-0.39, 0.29) is 11.5 Å². The number of benzene rings is 1. The van der Waals surface area contributed by atoms with Crippen LogP contribution < -0.4 is 5.32 Å². The maximum atomic E-state index is 12.7. The maximum Gasteiger partial charge on any atom is 0.336 e. The molecule has 0 aromatic heterocycles. The van der Waals surface area contributed by atoms with Crippen LogP contribution in [0.5, 0.6) is 5.75 Å². The number of dihydropyridines is 1. The zero-order valence-corrected chi connectivity index (χ0v) is 14.6. The molecule has 1 aromatic carbocycles. The number of allylic oxidation sites excluding steroid dienone is 3. The Hall–Kier alpha value is -2.56. The summed E-state index contributed by atoms with van der Waals surface area (Å²) in [5.41, 5.74) is 3.41. The van der Waals surface area contributed by atoms with E-state index in [0.29, 0.717) is 29.9 Å². The molecule has 132 valence electrons. The summed E-state index contributed by atoms with van der Waals surface area (Å²) in [5, 5.41) is 13.1. The van der Waals surface area contributed by atoms with Crippen LogP contribution in [0.3, 0.4) is 0 Å². The molecule has 0 saturated heterocycles. The maximum absolute atomic E-state index is 12.7. The normalized spacial score (nSPS) is 20.2. The molecule has 1 atom stereocenters. The predicted molar refractivity (Wildman–Crippen MR) is 93.8 cm³/mol. The fourth-order valence-corrected chi connectivity index (χ4v) is 3.56. The van der Waals surface area contributed by atoms with Gasteiger partial charge < -0.3 is 15.2 Å². The van der Waals surface area contributed by atoms with E-state index >= 15 is 0 Å². The third-order valence-corrected chi connectivity index (χ3v) is 4.64.